The average molecular weight is 527 g/mol. The van der Waals surface area contributed by atoms with Crippen molar-refractivity contribution in [2.45, 2.75) is 0 Å². The first-order valence-corrected chi connectivity index (χ1v) is 12.6. The minimum atomic E-state index is -0.317. The van der Waals surface area contributed by atoms with E-state index < -0.39 is 0 Å². The Labute approximate surface area is 226 Å². The zero-order valence-corrected chi connectivity index (χ0v) is 22.1. The molecule has 200 valence electrons. The number of ether oxygens (including phenoxy) is 3. The number of piperazine rings is 1. The van der Waals surface area contributed by atoms with E-state index in [1.807, 2.05) is 53.4 Å². The van der Waals surface area contributed by atoms with Gasteiger partial charge in [-0.1, -0.05) is 18.2 Å². The van der Waals surface area contributed by atoms with Gasteiger partial charge in [0.15, 0.2) is 0 Å². The first-order chi connectivity index (χ1) is 19.0. The highest BCUT2D eigenvalue weighted by molar-refractivity contribution is 6.08. The van der Waals surface area contributed by atoms with Crippen LogP contribution in [0, 0.1) is 0 Å². The first kappa shape index (κ1) is 25.8. The lowest BCUT2D eigenvalue weighted by Crippen LogP contribution is -2.49. The Bertz CT molecular complexity index is 1480. The smallest absolute Gasteiger partial charge is 0.272 e. The average Bonchev–Trinajstić information content (AvgIpc) is 3.00. The molecule has 1 aromatic heterocycles. The lowest BCUT2D eigenvalue weighted by molar-refractivity contribution is 0.0740. The van der Waals surface area contributed by atoms with E-state index in [0.717, 1.165) is 16.6 Å². The lowest BCUT2D eigenvalue weighted by Gasteiger charge is -2.36. The Morgan fingerprint density at radius 2 is 1.41 bits per heavy atom. The Morgan fingerprint density at radius 3 is 2.05 bits per heavy atom. The normalized spacial score (nSPS) is 13.2. The summed E-state index contributed by atoms with van der Waals surface area (Å²) in [5, 5.41) is 3.79. The molecule has 1 aliphatic heterocycles. The lowest BCUT2D eigenvalue weighted by atomic mass is 10.1. The molecule has 1 fully saturated rings. The molecule has 0 bridgehead atoms. The molecule has 1 aliphatic rings. The molecule has 0 atom stereocenters. The SMILES string of the molecule is COc1cccc(OC)c1C(=O)Nc1ccc(N2CCN(C(=O)c3cc(OC)c4ccccc4n3)CC2)cc1. The molecule has 3 aromatic carbocycles. The number of fused-ring (bicyclic) bond motifs is 1. The fourth-order valence-corrected chi connectivity index (χ4v) is 4.78. The van der Waals surface area contributed by atoms with Crippen molar-refractivity contribution in [1.82, 2.24) is 9.88 Å². The molecular weight excluding hydrogens is 496 g/mol. The standard InChI is InChI=1S/C30H30N4O5/c1-37-25-9-6-10-26(38-2)28(25)29(35)31-20-11-13-21(14-12-20)33-15-17-34(18-16-33)30(36)24-19-27(39-3)22-7-4-5-8-23(22)32-24/h4-14,19H,15-18H2,1-3H3,(H,31,35). The van der Waals surface area contributed by atoms with Gasteiger partial charge >= 0.3 is 0 Å². The Kier molecular flexibility index (Phi) is 7.49. The molecule has 1 N–H and O–H groups in total. The number of amides is 2. The number of methoxy groups -OCH3 is 3. The molecule has 0 spiro atoms. The van der Waals surface area contributed by atoms with Crippen molar-refractivity contribution in [2.75, 3.05) is 57.7 Å². The van der Waals surface area contributed by atoms with Crippen LogP contribution in [0.4, 0.5) is 11.4 Å². The highest BCUT2D eigenvalue weighted by Gasteiger charge is 2.24. The van der Waals surface area contributed by atoms with Crippen molar-refractivity contribution in [3.8, 4) is 17.2 Å². The van der Waals surface area contributed by atoms with Crippen LogP contribution in [0.25, 0.3) is 10.9 Å². The summed E-state index contributed by atoms with van der Waals surface area (Å²) in [6, 6.07) is 22.2. The van der Waals surface area contributed by atoms with Gasteiger partial charge < -0.3 is 29.3 Å². The number of nitrogens with one attached hydrogen (secondary N) is 1. The second kappa shape index (κ2) is 11.3. The summed E-state index contributed by atoms with van der Waals surface area (Å²) in [5.41, 5.74) is 3.12. The van der Waals surface area contributed by atoms with Gasteiger partial charge in [-0.2, -0.15) is 0 Å². The highest BCUT2D eigenvalue weighted by Crippen LogP contribution is 2.30. The third kappa shape index (κ3) is 5.29. The van der Waals surface area contributed by atoms with E-state index in [1.54, 1.807) is 31.4 Å². The van der Waals surface area contributed by atoms with Gasteiger partial charge in [0.2, 0.25) is 0 Å². The molecule has 0 saturated carbocycles. The van der Waals surface area contributed by atoms with E-state index >= 15 is 0 Å². The Hall–Kier alpha value is -4.79. The number of nitrogens with zero attached hydrogens (tertiary/aromatic N) is 3. The predicted molar refractivity (Wildman–Crippen MR) is 150 cm³/mol. The summed E-state index contributed by atoms with van der Waals surface area (Å²) in [6.45, 7) is 2.50. The molecule has 0 aliphatic carbocycles. The van der Waals surface area contributed by atoms with Gasteiger partial charge in [-0.05, 0) is 48.5 Å². The number of benzene rings is 3. The Morgan fingerprint density at radius 1 is 0.769 bits per heavy atom. The van der Waals surface area contributed by atoms with Gasteiger partial charge in [-0.15, -0.1) is 0 Å². The summed E-state index contributed by atoms with van der Waals surface area (Å²) in [5.74, 6) is 1.09. The summed E-state index contributed by atoms with van der Waals surface area (Å²) in [6.07, 6.45) is 0. The predicted octanol–water partition coefficient (Wildman–Crippen LogP) is 4.48. The Balaban J connectivity index is 1.22. The summed E-state index contributed by atoms with van der Waals surface area (Å²) in [7, 11) is 4.63. The van der Waals surface area contributed by atoms with Crippen molar-refractivity contribution in [3.05, 3.63) is 84.1 Å². The number of hydrogen-bond donors (Lipinski definition) is 1. The highest BCUT2D eigenvalue weighted by atomic mass is 16.5. The van der Waals surface area contributed by atoms with E-state index in [-0.39, 0.29) is 11.8 Å². The zero-order valence-electron chi connectivity index (χ0n) is 22.1. The fourth-order valence-electron chi connectivity index (χ4n) is 4.78. The van der Waals surface area contributed by atoms with Gasteiger partial charge in [0.05, 0.1) is 26.8 Å². The number of hydrogen-bond acceptors (Lipinski definition) is 7. The van der Waals surface area contributed by atoms with E-state index in [1.165, 1.54) is 14.2 Å². The fraction of sp³-hybridized carbons (Fsp3) is 0.233. The maximum atomic E-state index is 13.2. The number of pyridine rings is 1. The van der Waals surface area contributed by atoms with Gasteiger partial charge in [0, 0.05) is 49.0 Å². The van der Waals surface area contributed by atoms with Crippen LogP contribution in [-0.2, 0) is 0 Å². The van der Waals surface area contributed by atoms with Crippen LogP contribution >= 0.6 is 0 Å². The van der Waals surface area contributed by atoms with Crippen LogP contribution in [0.2, 0.25) is 0 Å². The topological polar surface area (TPSA) is 93.2 Å². The van der Waals surface area contributed by atoms with Crippen LogP contribution in [-0.4, -0.2) is 69.2 Å². The van der Waals surface area contributed by atoms with Gasteiger partial charge in [-0.3, -0.25) is 9.59 Å². The van der Waals surface area contributed by atoms with Crippen molar-refractivity contribution in [2.24, 2.45) is 0 Å². The summed E-state index contributed by atoms with van der Waals surface area (Å²) >= 11 is 0. The van der Waals surface area contributed by atoms with E-state index in [0.29, 0.717) is 60.4 Å². The molecule has 2 heterocycles. The molecule has 1 saturated heterocycles. The first-order valence-electron chi connectivity index (χ1n) is 12.6. The van der Waals surface area contributed by atoms with E-state index in [9.17, 15) is 9.59 Å². The number of aromatic nitrogens is 1. The van der Waals surface area contributed by atoms with Crippen LogP contribution in [0.3, 0.4) is 0 Å². The number of rotatable bonds is 7. The molecule has 0 unspecified atom stereocenters. The number of para-hydroxylation sites is 1. The molecule has 9 nitrogen and oxygen atoms in total. The molecule has 2 amide bonds. The minimum absolute atomic E-state index is 0.108. The summed E-state index contributed by atoms with van der Waals surface area (Å²) < 4.78 is 16.2. The quantitative estimate of drug-likeness (QED) is 0.380. The third-order valence-corrected chi connectivity index (χ3v) is 6.83. The van der Waals surface area contributed by atoms with Gasteiger partial charge in [-0.25, -0.2) is 4.98 Å². The number of carbonyl (C=O) groups excluding carboxylic acids is 2. The minimum Gasteiger partial charge on any atom is -0.496 e. The van der Waals surface area contributed by atoms with Gasteiger partial charge in [0.25, 0.3) is 11.8 Å². The van der Waals surface area contributed by atoms with Crippen molar-refractivity contribution < 1.29 is 23.8 Å². The molecule has 39 heavy (non-hydrogen) atoms. The van der Waals surface area contributed by atoms with Crippen LogP contribution < -0.4 is 24.4 Å². The van der Waals surface area contributed by atoms with Crippen LogP contribution in [0.1, 0.15) is 20.8 Å². The molecular formula is C30H30N4O5. The maximum Gasteiger partial charge on any atom is 0.272 e. The molecule has 9 heteroatoms. The molecule has 5 rings (SSSR count). The summed E-state index contributed by atoms with van der Waals surface area (Å²) in [4.78, 5) is 34.8. The zero-order chi connectivity index (χ0) is 27.4. The largest absolute Gasteiger partial charge is 0.496 e. The monoisotopic (exact) mass is 526 g/mol. The number of anilines is 2. The molecule has 4 aromatic rings. The van der Waals surface area contributed by atoms with Crippen molar-refractivity contribution in [1.29, 1.82) is 0 Å². The van der Waals surface area contributed by atoms with Crippen LogP contribution in [0.5, 0.6) is 17.2 Å². The van der Waals surface area contributed by atoms with E-state index in [2.05, 4.69) is 15.2 Å². The molecule has 0 radical (unpaired) electrons. The van der Waals surface area contributed by atoms with Crippen LogP contribution in [0.15, 0.2) is 72.8 Å². The van der Waals surface area contributed by atoms with E-state index in [4.69, 9.17) is 14.2 Å². The maximum absolute atomic E-state index is 13.2. The van der Waals surface area contributed by atoms with Crippen molar-refractivity contribution >= 4 is 34.1 Å². The van der Waals surface area contributed by atoms with Crippen molar-refractivity contribution in [3.63, 3.8) is 0 Å². The van der Waals surface area contributed by atoms with Gasteiger partial charge in [0.1, 0.15) is 28.5 Å². The third-order valence-electron chi connectivity index (χ3n) is 6.83. The second-order valence-electron chi connectivity index (χ2n) is 9.04. The second-order valence-corrected chi connectivity index (χ2v) is 9.04. The number of carbonyl (C=O) groups is 2.